The minimum atomic E-state index is 0.345. The molecular formula is C9H15N3S2. The minimum absolute atomic E-state index is 0.345. The quantitative estimate of drug-likeness (QED) is 0.844. The Bertz CT molecular complexity index is 300. The highest BCUT2D eigenvalue weighted by molar-refractivity contribution is 8.01. The smallest absolute Gasteiger partial charge is 0.174 e. The fourth-order valence-electron chi connectivity index (χ4n) is 1.73. The van der Waals surface area contributed by atoms with Crippen molar-refractivity contribution in [3.8, 4) is 0 Å². The van der Waals surface area contributed by atoms with Gasteiger partial charge >= 0.3 is 0 Å². The molecule has 2 unspecified atom stereocenters. The first-order valence-corrected chi connectivity index (χ1v) is 6.67. The van der Waals surface area contributed by atoms with Gasteiger partial charge in [-0.1, -0.05) is 35.9 Å². The van der Waals surface area contributed by atoms with Crippen LogP contribution in [-0.4, -0.2) is 21.5 Å². The Kier molecular flexibility index (Phi) is 3.41. The van der Waals surface area contributed by atoms with Gasteiger partial charge < -0.3 is 5.73 Å². The summed E-state index contributed by atoms with van der Waals surface area (Å²) in [6, 6.07) is 0.345. The molecule has 3 nitrogen and oxygen atoms in total. The van der Waals surface area contributed by atoms with Gasteiger partial charge in [-0.25, -0.2) is 0 Å². The van der Waals surface area contributed by atoms with Gasteiger partial charge in [-0.2, -0.15) is 0 Å². The average Bonchev–Trinajstić information content (AvgIpc) is 2.56. The van der Waals surface area contributed by atoms with E-state index in [2.05, 4.69) is 10.2 Å². The van der Waals surface area contributed by atoms with Crippen LogP contribution in [0.15, 0.2) is 4.34 Å². The van der Waals surface area contributed by atoms with Crippen molar-refractivity contribution in [3.05, 3.63) is 5.01 Å². The molecule has 0 aromatic carbocycles. The Balaban J connectivity index is 1.95. The number of rotatable bonds is 2. The average molecular weight is 229 g/mol. The fourth-order valence-corrected chi connectivity index (χ4v) is 4.01. The van der Waals surface area contributed by atoms with Crippen LogP contribution < -0.4 is 5.73 Å². The largest absolute Gasteiger partial charge is 0.327 e. The minimum Gasteiger partial charge on any atom is -0.327 e. The Morgan fingerprint density at radius 3 is 2.79 bits per heavy atom. The highest BCUT2D eigenvalue weighted by Gasteiger charge is 2.23. The van der Waals surface area contributed by atoms with E-state index in [4.69, 9.17) is 5.73 Å². The summed E-state index contributed by atoms with van der Waals surface area (Å²) in [5.74, 6) is 0. The number of hydrogen-bond donors (Lipinski definition) is 1. The van der Waals surface area contributed by atoms with Gasteiger partial charge in [0.05, 0.1) is 0 Å². The summed E-state index contributed by atoms with van der Waals surface area (Å²) in [5.41, 5.74) is 6.07. The summed E-state index contributed by atoms with van der Waals surface area (Å²) in [5, 5.41) is 9.72. The van der Waals surface area contributed by atoms with Crippen molar-refractivity contribution < 1.29 is 0 Å². The van der Waals surface area contributed by atoms with Gasteiger partial charge in [0.2, 0.25) is 0 Å². The third kappa shape index (κ3) is 2.46. The zero-order valence-electron chi connectivity index (χ0n) is 8.27. The Hall–Kier alpha value is -0.130. The number of hydrogen-bond acceptors (Lipinski definition) is 5. The second-order valence-corrected chi connectivity index (χ2v) is 6.36. The number of aryl methyl sites for hydroxylation is 1. The van der Waals surface area contributed by atoms with Gasteiger partial charge in [0.1, 0.15) is 5.01 Å². The van der Waals surface area contributed by atoms with Crippen LogP contribution in [0.25, 0.3) is 0 Å². The number of nitrogens with zero attached hydrogens (tertiary/aromatic N) is 2. The lowest BCUT2D eigenvalue weighted by Crippen LogP contribution is -2.35. The molecule has 2 atom stereocenters. The molecule has 0 aliphatic heterocycles. The van der Waals surface area contributed by atoms with Crippen molar-refractivity contribution in [2.45, 2.75) is 48.2 Å². The van der Waals surface area contributed by atoms with Crippen molar-refractivity contribution in [1.82, 2.24) is 10.2 Å². The lowest BCUT2D eigenvalue weighted by Gasteiger charge is -2.26. The molecule has 5 heteroatoms. The van der Waals surface area contributed by atoms with E-state index in [9.17, 15) is 0 Å². The lowest BCUT2D eigenvalue weighted by atomic mass is 9.96. The number of thioether (sulfide) groups is 1. The van der Waals surface area contributed by atoms with Crippen LogP contribution >= 0.6 is 23.1 Å². The van der Waals surface area contributed by atoms with Gasteiger partial charge in [-0.05, 0) is 19.8 Å². The maximum atomic E-state index is 6.07. The lowest BCUT2D eigenvalue weighted by molar-refractivity contribution is 0.453. The van der Waals surface area contributed by atoms with E-state index >= 15 is 0 Å². The van der Waals surface area contributed by atoms with E-state index in [1.165, 1.54) is 19.3 Å². The molecule has 0 spiro atoms. The molecule has 1 aromatic heterocycles. The van der Waals surface area contributed by atoms with E-state index in [0.717, 1.165) is 15.8 Å². The topological polar surface area (TPSA) is 51.8 Å². The third-order valence-electron chi connectivity index (χ3n) is 2.51. The summed E-state index contributed by atoms with van der Waals surface area (Å²) >= 11 is 3.48. The number of nitrogens with two attached hydrogens (primary N) is 1. The predicted octanol–water partition coefficient (Wildman–Crippen LogP) is 2.21. The van der Waals surface area contributed by atoms with Crippen LogP contribution in [0.1, 0.15) is 30.7 Å². The van der Waals surface area contributed by atoms with Crippen LogP contribution in [0.2, 0.25) is 0 Å². The fraction of sp³-hybridized carbons (Fsp3) is 0.778. The highest BCUT2D eigenvalue weighted by atomic mass is 32.2. The van der Waals surface area contributed by atoms with Crippen molar-refractivity contribution in [2.24, 2.45) is 5.73 Å². The molecule has 14 heavy (non-hydrogen) atoms. The standard InChI is InChI=1S/C9H15N3S2/c1-6-11-12-9(13-6)14-8-5-3-2-4-7(8)10/h7-8H,2-5,10H2,1H3. The van der Waals surface area contributed by atoms with Crippen LogP contribution in [0.3, 0.4) is 0 Å². The molecule has 1 aliphatic rings. The van der Waals surface area contributed by atoms with Gasteiger partial charge in [-0.15, -0.1) is 10.2 Å². The van der Waals surface area contributed by atoms with E-state index in [0.29, 0.717) is 11.3 Å². The molecule has 1 saturated carbocycles. The zero-order valence-corrected chi connectivity index (χ0v) is 9.90. The molecule has 0 radical (unpaired) electrons. The maximum Gasteiger partial charge on any atom is 0.174 e. The molecule has 1 aromatic rings. The van der Waals surface area contributed by atoms with Crippen molar-refractivity contribution in [1.29, 1.82) is 0 Å². The van der Waals surface area contributed by atoms with Crippen molar-refractivity contribution >= 4 is 23.1 Å². The van der Waals surface area contributed by atoms with E-state index in [1.54, 1.807) is 11.3 Å². The second-order valence-electron chi connectivity index (χ2n) is 3.69. The van der Waals surface area contributed by atoms with Crippen LogP contribution in [0.5, 0.6) is 0 Å². The summed E-state index contributed by atoms with van der Waals surface area (Å²) in [6.07, 6.45) is 4.98. The first kappa shape index (κ1) is 10.4. The molecule has 2 rings (SSSR count). The maximum absolute atomic E-state index is 6.07. The van der Waals surface area contributed by atoms with Gasteiger partial charge in [0, 0.05) is 11.3 Å². The summed E-state index contributed by atoms with van der Waals surface area (Å²) in [6.45, 7) is 1.99. The summed E-state index contributed by atoms with van der Waals surface area (Å²) in [7, 11) is 0. The van der Waals surface area contributed by atoms with Gasteiger partial charge in [0.15, 0.2) is 4.34 Å². The van der Waals surface area contributed by atoms with Gasteiger partial charge in [0.25, 0.3) is 0 Å². The second kappa shape index (κ2) is 4.59. The first-order chi connectivity index (χ1) is 6.75. The van der Waals surface area contributed by atoms with E-state index in [-0.39, 0.29) is 0 Å². The van der Waals surface area contributed by atoms with Gasteiger partial charge in [-0.3, -0.25) is 0 Å². The van der Waals surface area contributed by atoms with Crippen molar-refractivity contribution in [3.63, 3.8) is 0 Å². The zero-order chi connectivity index (χ0) is 9.97. The molecular weight excluding hydrogens is 214 g/mol. The highest BCUT2D eigenvalue weighted by Crippen LogP contribution is 2.34. The first-order valence-electron chi connectivity index (χ1n) is 4.98. The number of aromatic nitrogens is 2. The molecule has 1 heterocycles. The van der Waals surface area contributed by atoms with Crippen LogP contribution in [0.4, 0.5) is 0 Å². The molecule has 2 N–H and O–H groups in total. The monoisotopic (exact) mass is 229 g/mol. The van der Waals surface area contributed by atoms with Crippen LogP contribution in [0, 0.1) is 6.92 Å². The molecule has 1 aliphatic carbocycles. The Labute approximate surface area is 92.5 Å². The molecule has 1 fully saturated rings. The Morgan fingerprint density at radius 2 is 2.14 bits per heavy atom. The normalized spacial score (nSPS) is 27.9. The molecule has 0 saturated heterocycles. The van der Waals surface area contributed by atoms with E-state index in [1.807, 2.05) is 18.7 Å². The summed E-state index contributed by atoms with van der Waals surface area (Å²) in [4.78, 5) is 0. The van der Waals surface area contributed by atoms with E-state index < -0.39 is 0 Å². The molecule has 0 amide bonds. The van der Waals surface area contributed by atoms with Crippen LogP contribution in [-0.2, 0) is 0 Å². The predicted molar refractivity (Wildman–Crippen MR) is 60.7 cm³/mol. The summed E-state index contributed by atoms with van der Waals surface area (Å²) < 4.78 is 1.07. The third-order valence-corrected chi connectivity index (χ3v) is 4.86. The molecule has 0 bridgehead atoms. The SMILES string of the molecule is Cc1nnc(SC2CCCCC2N)s1. The molecule has 78 valence electrons. The Morgan fingerprint density at radius 1 is 1.36 bits per heavy atom. The van der Waals surface area contributed by atoms with Crippen molar-refractivity contribution in [2.75, 3.05) is 0 Å².